The molecule has 0 radical (unpaired) electrons. The second-order valence-electron chi connectivity index (χ2n) is 4.48. The summed E-state index contributed by atoms with van der Waals surface area (Å²) in [6.07, 6.45) is 1.83. The summed E-state index contributed by atoms with van der Waals surface area (Å²) in [7, 11) is 0. The summed E-state index contributed by atoms with van der Waals surface area (Å²) in [5, 5.41) is 3.83. The fourth-order valence-corrected chi connectivity index (χ4v) is 3.12. The van der Waals surface area contributed by atoms with Gasteiger partial charge >= 0.3 is 0 Å². The molecule has 0 aromatic heterocycles. The fourth-order valence-electron chi connectivity index (χ4n) is 1.84. The van der Waals surface area contributed by atoms with Gasteiger partial charge in [-0.25, -0.2) is 4.99 Å². The van der Waals surface area contributed by atoms with Crippen LogP contribution < -0.4 is 5.32 Å². The predicted octanol–water partition coefficient (Wildman–Crippen LogP) is 4.99. The number of para-hydroxylation sites is 1. The molecule has 0 saturated carbocycles. The van der Waals surface area contributed by atoms with E-state index in [4.69, 9.17) is 11.6 Å². The van der Waals surface area contributed by atoms with E-state index in [-0.39, 0.29) is 5.91 Å². The Bertz CT molecular complexity index is 787. The predicted molar refractivity (Wildman–Crippen MR) is 96.4 cm³/mol. The maximum Gasteiger partial charge on any atom is 0.264 e. The highest BCUT2D eigenvalue weighted by atomic mass is 79.9. The Morgan fingerprint density at radius 1 is 1.14 bits per heavy atom. The van der Waals surface area contributed by atoms with Crippen LogP contribution in [-0.4, -0.2) is 11.1 Å². The summed E-state index contributed by atoms with van der Waals surface area (Å²) in [5.74, 6) is -0.154. The zero-order chi connectivity index (χ0) is 15.5. The third kappa shape index (κ3) is 3.61. The first-order chi connectivity index (χ1) is 10.6. The number of hydrogen-bond donors (Lipinski definition) is 1. The van der Waals surface area contributed by atoms with Gasteiger partial charge in [-0.15, -0.1) is 0 Å². The van der Waals surface area contributed by atoms with Crippen molar-refractivity contribution in [2.45, 2.75) is 0 Å². The molecule has 2 aromatic carbocycles. The smallest absolute Gasteiger partial charge is 0.264 e. The monoisotopic (exact) mass is 392 g/mol. The molecule has 1 heterocycles. The van der Waals surface area contributed by atoms with Crippen molar-refractivity contribution in [2.75, 3.05) is 0 Å². The van der Waals surface area contributed by atoms with Gasteiger partial charge in [0.1, 0.15) is 0 Å². The molecule has 0 atom stereocenters. The average Bonchev–Trinajstić information content (AvgIpc) is 2.84. The molecule has 0 bridgehead atoms. The lowest BCUT2D eigenvalue weighted by molar-refractivity contribution is -0.115. The van der Waals surface area contributed by atoms with E-state index in [0.717, 1.165) is 10.0 Å². The number of amidine groups is 1. The van der Waals surface area contributed by atoms with Crippen LogP contribution in [0.1, 0.15) is 5.56 Å². The Kier molecular flexibility index (Phi) is 4.66. The molecule has 0 aliphatic carbocycles. The molecule has 2 aromatic rings. The number of carbonyl (C=O) groups excluding carboxylic acids is 1. The van der Waals surface area contributed by atoms with Gasteiger partial charge in [0, 0.05) is 4.47 Å². The lowest BCUT2D eigenvalue weighted by Crippen LogP contribution is -2.19. The zero-order valence-electron chi connectivity index (χ0n) is 11.2. The molecule has 1 N–H and O–H groups in total. The van der Waals surface area contributed by atoms with E-state index in [9.17, 15) is 4.79 Å². The van der Waals surface area contributed by atoms with Gasteiger partial charge in [0.2, 0.25) is 0 Å². The number of hydrogen-bond acceptors (Lipinski definition) is 3. The van der Waals surface area contributed by atoms with Crippen molar-refractivity contribution < 1.29 is 4.79 Å². The first kappa shape index (κ1) is 15.3. The van der Waals surface area contributed by atoms with Crippen LogP contribution in [-0.2, 0) is 4.79 Å². The van der Waals surface area contributed by atoms with Gasteiger partial charge in [-0.2, -0.15) is 0 Å². The van der Waals surface area contributed by atoms with Crippen LogP contribution in [0.25, 0.3) is 6.08 Å². The van der Waals surface area contributed by atoms with E-state index in [0.29, 0.717) is 20.8 Å². The maximum atomic E-state index is 12.0. The van der Waals surface area contributed by atoms with Crippen molar-refractivity contribution in [1.82, 2.24) is 5.32 Å². The Hall–Kier alpha value is -1.56. The van der Waals surface area contributed by atoms with Crippen molar-refractivity contribution in [3.8, 4) is 0 Å². The Morgan fingerprint density at radius 2 is 1.86 bits per heavy atom. The van der Waals surface area contributed by atoms with Gasteiger partial charge in [-0.3, -0.25) is 4.79 Å². The largest absolute Gasteiger partial charge is 0.300 e. The van der Waals surface area contributed by atoms with Crippen LogP contribution >= 0.6 is 39.3 Å². The molecule has 1 saturated heterocycles. The number of rotatable bonds is 2. The second-order valence-corrected chi connectivity index (χ2v) is 6.84. The maximum absolute atomic E-state index is 12.0. The topological polar surface area (TPSA) is 41.5 Å². The van der Waals surface area contributed by atoms with E-state index < -0.39 is 0 Å². The fraction of sp³-hybridized carbons (Fsp3) is 0. The first-order valence-electron chi connectivity index (χ1n) is 6.41. The Morgan fingerprint density at radius 3 is 2.59 bits per heavy atom. The van der Waals surface area contributed by atoms with Crippen molar-refractivity contribution in [2.24, 2.45) is 4.99 Å². The average molecular weight is 394 g/mol. The van der Waals surface area contributed by atoms with Crippen molar-refractivity contribution >= 4 is 62.1 Å². The van der Waals surface area contributed by atoms with Crippen molar-refractivity contribution in [1.29, 1.82) is 0 Å². The highest BCUT2D eigenvalue weighted by Gasteiger charge is 2.23. The summed E-state index contributed by atoms with van der Waals surface area (Å²) in [6.45, 7) is 0. The van der Waals surface area contributed by atoms with E-state index in [1.807, 2.05) is 42.5 Å². The minimum Gasteiger partial charge on any atom is -0.300 e. The number of thioether (sulfide) groups is 1. The van der Waals surface area contributed by atoms with E-state index in [1.54, 1.807) is 12.1 Å². The third-order valence-electron chi connectivity index (χ3n) is 2.89. The molecule has 3 nitrogen and oxygen atoms in total. The van der Waals surface area contributed by atoms with Gasteiger partial charge in [0.15, 0.2) is 5.17 Å². The van der Waals surface area contributed by atoms with E-state index in [2.05, 4.69) is 26.2 Å². The van der Waals surface area contributed by atoms with Crippen LogP contribution in [0, 0.1) is 0 Å². The van der Waals surface area contributed by atoms with Crippen molar-refractivity contribution in [3.05, 3.63) is 68.5 Å². The second kappa shape index (κ2) is 6.69. The lowest BCUT2D eigenvalue weighted by Gasteiger charge is -1.98. The molecular formula is C16H10BrClN2OS. The molecule has 0 unspecified atom stereocenters. The Balaban J connectivity index is 1.84. The highest BCUT2D eigenvalue weighted by molar-refractivity contribution is 9.10. The van der Waals surface area contributed by atoms with Gasteiger partial charge in [0.25, 0.3) is 5.91 Å². The molecule has 1 fully saturated rings. The van der Waals surface area contributed by atoms with Crippen LogP contribution in [0.5, 0.6) is 0 Å². The number of benzene rings is 2. The lowest BCUT2D eigenvalue weighted by atomic mass is 10.2. The summed E-state index contributed by atoms with van der Waals surface area (Å²) >= 11 is 10.8. The summed E-state index contributed by atoms with van der Waals surface area (Å²) in [5.41, 5.74) is 1.59. The van der Waals surface area contributed by atoms with Crippen LogP contribution in [0.3, 0.4) is 0 Å². The molecule has 1 amide bonds. The number of amides is 1. The number of aliphatic imine (C=N–C) groups is 1. The standard InChI is InChI=1S/C16H10BrClN2OS/c17-11-7-5-10(6-8-11)9-14-15(21)20-16(22-14)19-13-4-2-1-3-12(13)18/h1-9H,(H,19,20,21)/b14-9+. The first-order valence-corrected chi connectivity index (χ1v) is 8.40. The molecule has 1 aliphatic rings. The van der Waals surface area contributed by atoms with Crippen LogP contribution in [0.4, 0.5) is 5.69 Å². The van der Waals surface area contributed by atoms with Crippen LogP contribution in [0.15, 0.2) is 62.9 Å². The SMILES string of the molecule is O=C1NC(=Nc2ccccc2Cl)S/C1=C/c1ccc(Br)cc1. The van der Waals surface area contributed by atoms with Crippen LogP contribution in [0.2, 0.25) is 5.02 Å². The van der Waals surface area contributed by atoms with E-state index >= 15 is 0 Å². The van der Waals surface area contributed by atoms with Gasteiger partial charge < -0.3 is 5.32 Å². The quantitative estimate of drug-likeness (QED) is 0.730. The normalized spacial score (nSPS) is 18.0. The Labute approximate surface area is 145 Å². The minimum atomic E-state index is -0.154. The van der Waals surface area contributed by atoms with Gasteiger partial charge in [0.05, 0.1) is 15.6 Å². The zero-order valence-corrected chi connectivity index (χ0v) is 14.4. The van der Waals surface area contributed by atoms with E-state index in [1.165, 1.54) is 11.8 Å². The molecule has 0 spiro atoms. The summed E-state index contributed by atoms with van der Waals surface area (Å²) < 4.78 is 0.999. The van der Waals surface area contributed by atoms with Crippen molar-refractivity contribution in [3.63, 3.8) is 0 Å². The molecular weight excluding hydrogens is 384 g/mol. The number of nitrogens with zero attached hydrogens (tertiary/aromatic N) is 1. The minimum absolute atomic E-state index is 0.154. The number of carbonyl (C=O) groups is 1. The molecule has 110 valence electrons. The van der Waals surface area contributed by atoms with Gasteiger partial charge in [-0.05, 0) is 47.7 Å². The molecule has 1 aliphatic heterocycles. The third-order valence-corrected chi connectivity index (χ3v) is 4.65. The number of halogens is 2. The van der Waals surface area contributed by atoms with Gasteiger partial charge in [-0.1, -0.05) is 51.8 Å². The summed E-state index contributed by atoms with van der Waals surface area (Å²) in [4.78, 5) is 17.0. The molecule has 6 heteroatoms. The molecule has 3 rings (SSSR count). The summed E-state index contributed by atoms with van der Waals surface area (Å²) in [6, 6.07) is 15.0. The number of nitrogens with one attached hydrogen (secondary N) is 1. The molecule has 22 heavy (non-hydrogen) atoms. The highest BCUT2D eigenvalue weighted by Crippen LogP contribution is 2.30.